The predicted octanol–water partition coefficient (Wildman–Crippen LogP) is 0.305. The van der Waals surface area contributed by atoms with Gasteiger partial charge in [-0.15, -0.1) is 6.42 Å². The van der Waals surface area contributed by atoms with E-state index in [-0.39, 0.29) is 0 Å². The Kier molecular flexibility index (Phi) is 2.39. The van der Waals surface area contributed by atoms with Crippen molar-refractivity contribution in [3.05, 3.63) is 0 Å². The van der Waals surface area contributed by atoms with Crippen molar-refractivity contribution >= 4 is 0 Å². The summed E-state index contributed by atoms with van der Waals surface area (Å²) in [5.41, 5.74) is 5.00. The molecule has 2 N–H and O–H groups in total. The summed E-state index contributed by atoms with van der Waals surface area (Å²) in [5, 5.41) is 0. The van der Waals surface area contributed by atoms with Gasteiger partial charge in [0.25, 0.3) is 0 Å². The first kappa shape index (κ1) is 6.45. The average molecular weight is 101 g/mol. The number of nitrogens with two attached hydrogens (primary N) is 1. The molecule has 0 aromatic rings. The Morgan fingerprint density at radius 2 is 2.29 bits per heavy atom. The molecule has 0 bridgehead atoms. The fraction of sp³-hybridized carbons (Fsp3) is 0.600. The molecule has 0 aliphatic carbocycles. The van der Waals surface area contributed by atoms with Crippen LogP contribution < -0.4 is 5.73 Å². The van der Waals surface area contributed by atoms with Gasteiger partial charge in [-0.2, -0.15) is 0 Å². The first-order chi connectivity index (χ1) is 3.18. The van der Waals surface area contributed by atoms with E-state index in [0.29, 0.717) is 0 Å². The van der Waals surface area contributed by atoms with E-state index in [4.69, 9.17) is 12.2 Å². The summed E-state index contributed by atoms with van der Waals surface area (Å²) in [4.78, 5) is 0. The van der Waals surface area contributed by atoms with Crippen molar-refractivity contribution in [2.45, 2.75) is 19.1 Å². The van der Waals surface area contributed by atoms with Crippen molar-refractivity contribution in [1.82, 2.24) is 0 Å². The minimum absolute atomic E-state index is 0.736. The Morgan fingerprint density at radius 1 is 1.86 bits per heavy atom. The quantitative estimate of drug-likeness (QED) is 0.472. The molecule has 0 aromatic heterocycles. The van der Waals surface area contributed by atoms with Crippen molar-refractivity contribution in [2.75, 3.05) is 0 Å². The lowest BCUT2D eigenvalue weighted by molar-refractivity contribution is 0.339. The van der Waals surface area contributed by atoms with Gasteiger partial charge in [0.15, 0.2) is 0 Å². The molecule has 7 heavy (non-hydrogen) atoms. The molecule has 0 aliphatic rings. The number of hydrogen-bond donors (Lipinski definition) is 1. The molecule has 0 heterocycles. The van der Waals surface area contributed by atoms with Crippen LogP contribution in [-0.4, -0.2) is 12.2 Å². The normalized spacial score (nSPS) is 17.4. The van der Waals surface area contributed by atoms with E-state index < -0.39 is 12.2 Å². The SMILES string of the molecule is C#CC(N)C(C)F. The summed E-state index contributed by atoms with van der Waals surface area (Å²) in [5.74, 6) is 2.07. The maximum Gasteiger partial charge on any atom is 0.124 e. The molecule has 40 valence electrons. The van der Waals surface area contributed by atoms with Gasteiger partial charge in [-0.25, -0.2) is 4.39 Å². The first-order valence-electron chi connectivity index (χ1n) is 2.04. The molecule has 0 saturated heterocycles. The third-order valence-corrected chi connectivity index (χ3v) is 0.687. The summed E-state index contributed by atoms with van der Waals surface area (Å²) < 4.78 is 11.8. The van der Waals surface area contributed by atoms with Gasteiger partial charge < -0.3 is 5.73 Å². The number of rotatable bonds is 1. The summed E-state index contributed by atoms with van der Waals surface area (Å²) in [7, 11) is 0. The van der Waals surface area contributed by atoms with Crippen molar-refractivity contribution in [1.29, 1.82) is 0 Å². The Hall–Kier alpha value is -0.550. The third-order valence-electron chi connectivity index (χ3n) is 0.687. The van der Waals surface area contributed by atoms with E-state index in [1.165, 1.54) is 6.92 Å². The minimum atomic E-state index is -1.09. The smallest absolute Gasteiger partial charge is 0.124 e. The van der Waals surface area contributed by atoms with Crippen molar-refractivity contribution in [3.63, 3.8) is 0 Å². The van der Waals surface area contributed by atoms with Crippen LogP contribution in [0, 0.1) is 12.3 Å². The Balaban J connectivity index is 3.40. The molecule has 0 aliphatic heterocycles. The van der Waals surface area contributed by atoms with E-state index >= 15 is 0 Å². The van der Waals surface area contributed by atoms with Gasteiger partial charge in [-0.3, -0.25) is 0 Å². The predicted molar refractivity (Wildman–Crippen MR) is 27.4 cm³/mol. The molecule has 2 heteroatoms. The standard InChI is InChI=1S/C5H8FN/c1-3-5(7)4(2)6/h1,4-5H,7H2,2H3. The molecular formula is C5H8FN. The van der Waals surface area contributed by atoms with E-state index in [1.807, 2.05) is 0 Å². The van der Waals surface area contributed by atoms with Gasteiger partial charge in [0, 0.05) is 0 Å². The van der Waals surface area contributed by atoms with Gasteiger partial charge in [-0.1, -0.05) is 5.92 Å². The second-order valence-corrected chi connectivity index (χ2v) is 1.37. The van der Waals surface area contributed by atoms with Crippen LogP contribution in [0.15, 0.2) is 0 Å². The highest BCUT2D eigenvalue weighted by atomic mass is 19.1. The molecule has 0 fully saturated rings. The van der Waals surface area contributed by atoms with Crippen molar-refractivity contribution < 1.29 is 4.39 Å². The van der Waals surface area contributed by atoms with E-state index in [1.54, 1.807) is 0 Å². The van der Waals surface area contributed by atoms with Gasteiger partial charge in [0.2, 0.25) is 0 Å². The molecule has 0 rings (SSSR count). The molecule has 0 aromatic carbocycles. The van der Waals surface area contributed by atoms with Crippen molar-refractivity contribution in [2.24, 2.45) is 5.73 Å². The molecule has 2 unspecified atom stereocenters. The zero-order valence-electron chi connectivity index (χ0n) is 4.19. The summed E-state index contributed by atoms with van der Waals surface area (Å²) in [6, 6.07) is -0.736. The summed E-state index contributed by atoms with van der Waals surface area (Å²) >= 11 is 0. The fourth-order valence-electron chi connectivity index (χ4n) is 0.133. The molecule has 0 spiro atoms. The van der Waals surface area contributed by atoms with Crippen LogP contribution in [0.5, 0.6) is 0 Å². The van der Waals surface area contributed by atoms with Gasteiger partial charge in [-0.05, 0) is 6.92 Å². The number of halogens is 1. The maximum absolute atomic E-state index is 11.8. The fourth-order valence-corrected chi connectivity index (χ4v) is 0.133. The summed E-state index contributed by atoms with van der Waals surface area (Å²) in [6.45, 7) is 1.34. The zero-order chi connectivity index (χ0) is 5.86. The monoisotopic (exact) mass is 101 g/mol. The molecule has 0 radical (unpaired) electrons. The Labute approximate surface area is 42.7 Å². The highest BCUT2D eigenvalue weighted by Crippen LogP contribution is 1.90. The second kappa shape index (κ2) is 2.59. The van der Waals surface area contributed by atoms with E-state index in [2.05, 4.69) is 5.92 Å². The van der Waals surface area contributed by atoms with Crippen LogP contribution in [0.2, 0.25) is 0 Å². The maximum atomic E-state index is 11.8. The molecule has 2 atom stereocenters. The first-order valence-corrected chi connectivity index (χ1v) is 2.04. The topological polar surface area (TPSA) is 26.0 Å². The van der Waals surface area contributed by atoms with Crippen LogP contribution in [0.4, 0.5) is 4.39 Å². The van der Waals surface area contributed by atoms with Crippen LogP contribution in [-0.2, 0) is 0 Å². The molecule has 0 amide bonds. The number of terminal acetylenes is 1. The molecule has 0 saturated carbocycles. The lowest BCUT2D eigenvalue weighted by atomic mass is 10.2. The van der Waals surface area contributed by atoms with E-state index in [9.17, 15) is 4.39 Å². The van der Waals surface area contributed by atoms with Crippen LogP contribution in [0.1, 0.15) is 6.92 Å². The minimum Gasteiger partial charge on any atom is -0.315 e. The lowest BCUT2D eigenvalue weighted by Gasteiger charge is -2.01. The molecular weight excluding hydrogens is 93.1 g/mol. The largest absolute Gasteiger partial charge is 0.315 e. The van der Waals surface area contributed by atoms with Gasteiger partial charge in [0.05, 0.1) is 6.04 Å². The third kappa shape index (κ3) is 2.18. The van der Waals surface area contributed by atoms with Gasteiger partial charge >= 0.3 is 0 Å². The van der Waals surface area contributed by atoms with Crippen LogP contribution >= 0.6 is 0 Å². The lowest BCUT2D eigenvalue weighted by Crippen LogP contribution is -2.26. The Bertz CT molecular complexity index is 82.6. The summed E-state index contributed by atoms with van der Waals surface area (Å²) in [6.07, 6.45) is 3.67. The highest BCUT2D eigenvalue weighted by molar-refractivity contribution is 4.99. The average Bonchev–Trinajstić information content (AvgIpc) is 1.65. The van der Waals surface area contributed by atoms with Gasteiger partial charge in [0.1, 0.15) is 6.17 Å². The highest BCUT2D eigenvalue weighted by Gasteiger charge is 2.04. The second-order valence-electron chi connectivity index (χ2n) is 1.37. The number of hydrogen-bond acceptors (Lipinski definition) is 1. The Morgan fingerprint density at radius 3 is 2.29 bits per heavy atom. The molecule has 1 nitrogen and oxygen atoms in total. The van der Waals surface area contributed by atoms with Crippen LogP contribution in [0.25, 0.3) is 0 Å². The van der Waals surface area contributed by atoms with E-state index in [0.717, 1.165) is 0 Å². The van der Waals surface area contributed by atoms with Crippen molar-refractivity contribution in [3.8, 4) is 12.3 Å². The zero-order valence-corrected chi connectivity index (χ0v) is 4.19. The number of alkyl halides is 1. The van der Waals surface area contributed by atoms with Crippen LogP contribution in [0.3, 0.4) is 0 Å².